The molecule has 23 heavy (non-hydrogen) atoms. The van der Waals surface area contributed by atoms with Crippen molar-refractivity contribution in [3.8, 4) is 0 Å². The van der Waals surface area contributed by atoms with E-state index in [4.69, 9.17) is 0 Å². The highest BCUT2D eigenvalue weighted by molar-refractivity contribution is 5.81. The first kappa shape index (κ1) is 18.2. The van der Waals surface area contributed by atoms with Crippen LogP contribution in [0.15, 0.2) is 0 Å². The minimum Gasteiger partial charge on any atom is -0.352 e. The summed E-state index contributed by atoms with van der Waals surface area (Å²) < 4.78 is 0. The SMILES string of the molecule is CCCC(=O)N1CCCC(C(=O)NC(CC)CN2CCCC2)C1. The van der Waals surface area contributed by atoms with Crippen molar-refractivity contribution in [1.29, 1.82) is 0 Å². The van der Waals surface area contributed by atoms with Gasteiger partial charge in [-0.15, -0.1) is 0 Å². The van der Waals surface area contributed by atoms with E-state index < -0.39 is 0 Å². The molecule has 2 saturated heterocycles. The van der Waals surface area contributed by atoms with Gasteiger partial charge in [-0.05, 0) is 51.6 Å². The highest BCUT2D eigenvalue weighted by atomic mass is 16.2. The number of rotatable bonds is 7. The summed E-state index contributed by atoms with van der Waals surface area (Å²) in [7, 11) is 0. The fourth-order valence-electron chi connectivity index (χ4n) is 3.66. The summed E-state index contributed by atoms with van der Waals surface area (Å²) >= 11 is 0. The lowest BCUT2D eigenvalue weighted by molar-refractivity contribution is -0.136. The molecule has 2 aliphatic heterocycles. The van der Waals surface area contributed by atoms with Crippen molar-refractivity contribution in [2.75, 3.05) is 32.7 Å². The zero-order chi connectivity index (χ0) is 16.7. The van der Waals surface area contributed by atoms with Gasteiger partial charge in [0.15, 0.2) is 0 Å². The number of nitrogens with zero attached hydrogens (tertiary/aromatic N) is 2. The third-order valence-electron chi connectivity index (χ3n) is 5.13. The highest BCUT2D eigenvalue weighted by Gasteiger charge is 2.29. The molecule has 2 aliphatic rings. The Morgan fingerprint density at radius 1 is 1.13 bits per heavy atom. The van der Waals surface area contributed by atoms with Gasteiger partial charge in [0, 0.05) is 32.1 Å². The van der Waals surface area contributed by atoms with Crippen LogP contribution in [0.5, 0.6) is 0 Å². The first-order chi connectivity index (χ1) is 11.1. The van der Waals surface area contributed by atoms with Crippen molar-refractivity contribution in [2.45, 2.75) is 64.8 Å². The van der Waals surface area contributed by atoms with Crippen LogP contribution in [-0.2, 0) is 9.59 Å². The van der Waals surface area contributed by atoms with Gasteiger partial charge in [-0.25, -0.2) is 0 Å². The van der Waals surface area contributed by atoms with Crippen LogP contribution in [0.3, 0.4) is 0 Å². The quantitative estimate of drug-likeness (QED) is 0.780. The third-order valence-corrected chi connectivity index (χ3v) is 5.13. The van der Waals surface area contributed by atoms with Gasteiger partial charge in [0.2, 0.25) is 11.8 Å². The van der Waals surface area contributed by atoms with Gasteiger partial charge in [0.25, 0.3) is 0 Å². The van der Waals surface area contributed by atoms with E-state index in [1.165, 1.54) is 12.8 Å². The van der Waals surface area contributed by atoms with Crippen LogP contribution in [0.4, 0.5) is 0 Å². The number of carbonyl (C=O) groups is 2. The van der Waals surface area contributed by atoms with Crippen molar-refractivity contribution < 1.29 is 9.59 Å². The first-order valence-corrected chi connectivity index (χ1v) is 9.44. The van der Waals surface area contributed by atoms with Gasteiger partial charge < -0.3 is 15.1 Å². The second kappa shape index (κ2) is 9.26. The molecule has 1 N–H and O–H groups in total. The summed E-state index contributed by atoms with van der Waals surface area (Å²) in [5.41, 5.74) is 0. The van der Waals surface area contributed by atoms with E-state index in [-0.39, 0.29) is 23.8 Å². The number of likely N-dealkylation sites (tertiary alicyclic amines) is 2. The Labute approximate surface area is 140 Å². The summed E-state index contributed by atoms with van der Waals surface area (Å²) in [6.45, 7) is 8.87. The largest absolute Gasteiger partial charge is 0.352 e. The normalized spacial score (nSPS) is 23.7. The maximum absolute atomic E-state index is 12.6. The average molecular weight is 323 g/mol. The molecular weight excluding hydrogens is 290 g/mol. The van der Waals surface area contributed by atoms with Gasteiger partial charge in [0.05, 0.1) is 5.92 Å². The fourth-order valence-corrected chi connectivity index (χ4v) is 3.66. The molecule has 5 nitrogen and oxygen atoms in total. The molecule has 0 radical (unpaired) electrons. The van der Waals surface area contributed by atoms with E-state index in [1.54, 1.807) is 0 Å². The maximum Gasteiger partial charge on any atom is 0.225 e. The van der Waals surface area contributed by atoms with Crippen molar-refractivity contribution in [2.24, 2.45) is 5.92 Å². The third kappa shape index (κ3) is 5.48. The Kier molecular flexibility index (Phi) is 7.34. The fraction of sp³-hybridized carbons (Fsp3) is 0.889. The summed E-state index contributed by atoms with van der Waals surface area (Å²) in [4.78, 5) is 29.0. The number of carbonyl (C=O) groups excluding carboxylic acids is 2. The number of amides is 2. The zero-order valence-electron chi connectivity index (χ0n) is 14.9. The Balaban J connectivity index is 1.81. The molecule has 2 atom stereocenters. The van der Waals surface area contributed by atoms with E-state index >= 15 is 0 Å². The van der Waals surface area contributed by atoms with Crippen LogP contribution < -0.4 is 5.32 Å². The van der Waals surface area contributed by atoms with Crippen molar-refractivity contribution in [1.82, 2.24) is 15.1 Å². The zero-order valence-corrected chi connectivity index (χ0v) is 14.9. The second-order valence-electron chi connectivity index (χ2n) is 7.05. The van der Waals surface area contributed by atoms with E-state index in [2.05, 4.69) is 17.1 Å². The van der Waals surface area contributed by atoms with E-state index in [0.717, 1.165) is 51.9 Å². The van der Waals surface area contributed by atoms with Crippen LogP contribution in [0, 0.1) is 5.92 Å². The summed E-state index contributed by atoms with van der Waals surface area (Å²) in [6, 6.07) is 0.238. The summed E-state index contributed by atoms with van der Waals surface area (Å²) in [5.74, 6) is 0.316. The molecule has 132 valence electrons. The number of piperidine rings is 1. The topological polar surface area (TPSA) is 52.7 Å². The van der Waals surface area contributed by atoms with Crippen molar-refractivity contribution in [3.05, 3.63) is 0 Å². The average Bonchev–Trinajstić information content (AvgIpc) is 3.07. The molecule has 2 fully saturated rings. The molecule has 5 heteroatoms. The Hall–Kier alpha value is -1.10. The van der Waals surface area contributed by atoms with Gasteiger partial charge in [-0.2, -0.15) is 0 Å². The van der Waals surface area contributed by atoms with Crippen LogP contribution in [0.25, 0.3) is 0 Å². The Morgan fingerprint density at radius 3 is 2.52 bits per heavy atom. The van der Waals surface area contributed by atoms with Gasteiger partial charge >= 0.3 is 0 Å². The molecule has 0 spiro atoms. The van der Waals surface area contributed by atoms with Crippen LogP contribution in [0.2, 0.25) is 0 Å². The smallest absolute Gasteiger partial charge is 0.225 e. The van der Waals surface area contributed by atoms with E-state index in [0.29, 0.717) is 13.0 Å². The molecule has 0 saturated carbocycles. The van der Waals surface area contributed by atoms with Crippen LogP contribution in [-0.4, -0.2) is 60.4 Å². The molecule has 0 aliphatic carbocycles. The Morgan fingerprint density at radius 2 is 1.87 bits per heavy atom. The van der Waals surface area contributed by atoms with Crippen molar-refractivity contribution >= 4 is 11.8 Å². The molecular formula is C18H33N3O2. The molecule has 2 unspecified atom stereocenters. The van der Waals surface area contributed by atoms with Crippen molar-refractivity contribution in [3.63, 3.8) is 0 Å². The van der Waals surface area contributed by atoms with Gasteiger partial charge in [-0.3, -0.25) is 9.59 Å². The number of hydrogen-bond donors (Lipinski definition) is 1. The first-order valence-electron chi connectivity index (χ1n) is 9.44. The molecule has 2 heterocycles. The molecule has 0 aromatic heterocycles. The lowest BCUT2D eigenvalue weighted by Crippen LogP contribution is -2.49. The minimum absolute atomic E-state index is 0.0304. The number of hydrogen-bond acceptors (Lipinski definition) is 3. The lowest BCUT2D eigenvalue weighted by atomic mass is 9.96. The molecule has 2 rings (SSSR count). The predicted molar refractivity (Wildman–Crippen MR) is 92.1 cm³/mol. The van der Waals surface area contributed by atoms with Crippen LogP contribution >= 0.6 is 0 Å². The standard InChI is InChI=1S/C18H33N3O2/c1-3-8-17(22)21-12-7-9-15(13-21)18(23)19-16(4-2)14-20-10-5-6-11-20/h15-16H,3-14H2,1-2H3,(H,19,23). The second-order valence-corrected chi connectivity index (χ2v) is 7.05. The predicted octanol–water partition coefficient (Wildman–Crippen LogP) is 2.02. The summed E-state index contributed by atoms with van der Waals surface area (Å²) in [5, 5.41) is 3.24. The van der Waals surface area contributed by atoms with E-state index in [9.17, 15) is 9.59 Å². The van der Waals surface area contributed by atoms with Gasteiger partial charge in [0.1, 0.15) is 0 Å². The molecule has 0 aromatic carbocycles. The number of nitrogens with one attached hydrogen (secondary N) is 1. The molecule has 0 bridgehead atoms. The van der Waals surface area contributed by atoms with E-state index in [1.807, 2.05) is 11.8 Å². The lowest BCUT2D eigenvalue weighted by Gasteiger charge is -2.33. The maximum atomic E-state index is 12.6. The Bertz CT molecular complexity index is 394. The molecule has 0 aromatic rings. The van der Waals surface area contributed by atoms with Gasteiger partial charge in [-0.1, -0.05) is 13.8 Å². The monoisotopic (exact) mass is 323 g/mol. The minimum atomic E-state index is -0.0304. The molecule has 2 amide bonds. The highest BCUT2D eigenvalue weighted by Crippen LogP contribution is 2.18. The van der Waals surface area contributed by atoms with Crippen LogP contribution in [0.1, 0.15) is 58.8 Å². The summed E-state index contributed by atoms with van der Waals surface area (Å²) in [6.07, 6.45) is 6.84.